The molecule has 7 nitrogen and oxygen atoms in total. The van der Waals surface area contributed by atoms with Crippen LogP contribution in [0.4, 0.5) is 0 Å². The van der Waals surface area contributed by atoms with Gasteiger partial charge in [0.2, 0.25) is 11.8 Å². The Hall–Kier alpha value is -1.79. The van der Waals surface area contributed by atoms with Crippen LogP contribution in [0.1, 0.15) is 206 Å². The summed E-state index contributed by atoms with van der Waals surface area (Å²) >= 11 is 0. The molecule has 0 radical (unpaired) electrons. The highest BCUT2D eigenvalue weighted by Gasteiger charge is 2.20. The average Bonchev–Trinajstić information content (AvgIpc) is 3.02. The van der Waals surface area contributed by atoms with Crippen LogP contribution in [0.25, 0.3) is 0 Å². The van der Waals surface area contributed by atoms with Gasteiger partial charge >= 0.3 is 0 Å². The van der Waals surface area contributed by atoms with Gasteiger partial charge in [0, 0.05) is 19.5 Å². The molecule has 0 aliphatic rings. The third-order valence-corrected chi connectivity index (χ3v) is 8.97. The summed E-state index contributed by atoms with van der Waals surface area (Å²) in [5.74, 6) is -0.195. The van der Waals surface area contributed by atoms with Crippen LogP contribution >= 0.6 is 0 Å². The number of guanidine groups is 1. The molecule has 266 valence electrons. The third-order valence-electron chi connectivity index (χ3n) is 8.97. The smallest absolute Gasteiger partial charge is 0.242 e. The van der Waals surface area contributed by atoms with Crippen molar-refractivity contribution in [2.45, 2.75) is 213 Å². The molecule has 6 N–H and O–H groups in total. The number of amides is 2. The first-order valence-electron chi connectivity index (χ1n) is 19.7. The van der Waals surface area contributed by atoms with E-state index in [-0.39, 0.29) is 17.8 Å². The molecule has 0 aromatic carbocycles. The summed E-state index contributed by atoms with van der Waals surface area (Å²) < 4.78 is 0. The molecule has 0 heterocycles. The number of nitrogens with one attached hydrogen (secondary N) is 4. The van der Waals surface area contributed by atoms with Crippen LogP contribution in [0.3, 0.4) is 0 Å². The van der Waals surface area contributed by atoms with Crippen LogP contribution in [-0.4, -0.2) is 36.9 Å². The maximum atomic E-state index is 12.9. The van der Waals surface area contributed by atoms with E-state index in [4.69, 9.17) is 11.1 Å². The summed E-state index contributed by atoms with van der Waals surface area (Å²) in [4.78, 5) is 25.5. The van der Waals surface area contributed by atoms with Crippen molar-refractivity contribution in [3.8, 4) is 0 Å². The Labute approximate surface area is 279 Å². The first-order valence-corrected chi connectivity index (χ1v) is 19.7. The summed E-state index contributed by atoms with van der Waals surface area (Å²) in [7, 11) is 0. The minimum atomic E-state index is -0.528. The molecule has 7 heteroatoms. The Balaban J connectivity index is 3.94. The second-order valence-electron chi connectivity index (χ2n) is 13.5. The molecule has 0 fully saturated rings. The molecule has 0 saturated carbocycles. The summed E-state index contributed by atoms with van der Waals surface area (Å²) in [5, 5.41) is 16.1. The molecule has 1 atom stereocenters. The van der Waals surface area contributed by atoms with Gasteiger partial charge in [0.1, 0.15) is 6.04 Å². The van der Waals surface area contributed by atoms with Crippen LogP contribution in [0.2, 0.25) is 0 Å². The van der Waals surface area contributed by atoms with Crippen molar-refractivity contribution in [1.82, 2.24) is 16.0 Å². The van der Waals surface area contributed by atoms with E-state index in [0.717, 1.165) is 25.7 Å². The van der Waals surface area contributed by atoms with Crippen molar-refractivity contribution in [3.63, 3.8) is 0 Å². The minimum Gasteiger partial charge on any atom is -0.370 e. The Morgan fingerprint density at radius 2 is 0.867 bits per heavy atom. The maximum absolute atomic E-state index is 12.9. The summed E-state index contributed by atoms with van der Waals surface area (Å²) in [6, 6.07) is -0.528. The molecular formula is C38H77N5O2. The van der Waals surface area contributed by atoms with Crippen molar-refractivity contribution in [3.05, 3.63) is 0 Å². The third kappa shape index (κ3) is 33.4. The Kier molecular flexibility index (Phi) is 33.7. The number of carbonyl (C=O) groups is 2. The first kappa shape index (κ1) is 43.2. The SMILES string of the molecule is CCCCCCCCCCCCCCCCCCCC(=O)N[C@@H](CCCNC(=N)N)C(=O)NCCCCCCCCCCCC. The molecule has 0 saturated heterocycles. The molecule has 0 aromatic rings. The molecule has 0 bridgehead atoms. The van der Waals surface area contributed by atoms with Crippen LogP contribution in [-0.2, 0) is 9.59 Å². The number of hydrogen-bond acceptors (Lipinski definition) is 3. The van der Waals surface area contributed by atoms with Crippen LogP contribution in [0.5, 0.6) is 0 Å². The predicted molar refractivity (Wildman–Crippen MR) is 195 cm³/mol. The van der Waals surface area contributed by atoms with Gasteiger partial charge in [-0.2, -0.15) is 0 Å². The zero-order valence-electron chi connectivity index (χ0n) is 30.1. The number of unbranched alkanes of at least 4 members (excludes halogenated alkanes) is 25. The van der Waals surface area contributed by atoms with Crippen molar-refractivity contribution < 1.29 is 9.59 Å². The van der Waals surface area contributed by atoms with Crippen molar-refractivity contribution in [2.75, 3.05) is 13.1 Å². The van der Waals surface area contributed by atoms with E-state index in [1.165, 1.54) is 148 Å². The number of nitrogens with two attached hydrogens (primary N) is 1. The normalized spacial score (nSPS) is 11.8. The average molecular weight is 636 g/mol. The fourth-order valence-electron chi connectivity index (χ4n) is 6.02. The van der Waals surface area contributed by atoms with Gasteiger partial charge in [-0.3, -0.25) is 15.0 Å². The Bertz CT molecular complexity index is 673. The molecule has 2 amide bonds. The Morgan fingerprint density at radius 3 is 1.27 bits per heavy atom. The highest BCUT2D eigenvalue weighted by atomic mass is 16.2. The van der Waals surface area contributed by atoms with Crippen LogP contribution in [0.15, 0.2) is 0 Å². The van der Waals surface area contributed by atoms with Crippen LogP contribution in [0, 0.1) is 5.41 Å². The van der Waals surface area contributed by atoms with Gasteiger partial charge in [0.15, 0.2) is 5.96 Å². The fraction of sp³-hybridized carbons (Fsp3) is 0.921. The minimum absolute atomic E-state index is 0.0328. The molecule has 0 aliphatic carbocycles. The van der Waals surface area contributed by atoms with Gasteiger partial charge in [-0.05, 0) is 25.7 Å². The summed E-state index contributed by atoms with van der Waals surface area (Å²) in [6.07, 6.45) is 36.8. The van der Waals surface area contributed by atoms with E-state index in [9.17, 15) is 9.59 Å². The lowest BCUT2D eigenvalue weighted by Gasteiger charge is -2.19. The van der Waals surface area contributed by atoms with Gasteiger partial charge in [-0.25, -0.2) is 0 Å². The van der Waals surface area contributed by atoms with Crippen LogP contribution < -0.4 is 21.7 Å². The largest absolute Gasteiger partial charge is 0.370 e. The van der Waals surface area contributed by atoms with E-state index in [2.05, 4.69) is 29.8 Å². The van der Waals surface area contributed by atoms with Gasteiger partial charge in [0.05, 0.1) is 0 Å². The van der Waals surface area contributed by atoms with Gasteiger partial charge < -0.3 is 21.7 Å². The standard InChI is InChI=1S/C38H77N5O2/c1-3-5-7-9-11-13-15-16-17-18-19-20-21-22-24-26-28-32-36(44)43-35(31-30-34-42-38(39)40)37(45)41-33-29-27-25-23-14-12-10-8-6-4-2/h35H,3-34H2,1-2H3,(H,41,45)(H,43,44)(H4,39,40,42)/t35-/m0/s1. The van der Waals surface area contributed by atoms with Gasteiger partial charge in [0.25, 0.3) is 0 Å². The second kappa shape index (κ2) is 35.1. The van der Waals surface area contributed by atoms with Gasteiger partial charge in [-0.15, -0.1) is 0 Å². The monoisotopic (exact) mass is 636 g/mol. The van der Waals surface area contributed by atoms with Crippen molar-refractivity contribution in [2.24, 2.45) is 5.73 Å². The van der Waals surface area contributed by atoms with Gasteiger partial charge in [-0.1, -0.05) is 174 Å². The molecule has 0 spiro atoms. The first-order chi connectivity index (χ1) is 22.0. The molecule has 0 rings (SSSR count). The molecule has 0 unspecified atom stereocenters. The molecular weight excluding hydrogens is 558 g/mol. The topological polar surface area (TPSA) is 120 Å². The van der Waals surface area contributed by atoms with E-state index >= 15 is 0 Å². The van der Waals surface area contributed by atoms with E-state index in [1.54, 1.807) is 0 Å². The van der Waals surface area contributed by atoms with E-state index in [0.29, 0.717) is 32.4 Å². The highest BCUT2D eigenvalue weighted by molar-refractivity contribution is 5.87. The predicted octanol–water partition coefficient (Wildman–Crippen LogP) is 9.81. The van der Waals surface area contributed by atoms with E-state index in [1.807, 2.05) is 0 Å². The lowest BCUT2D eigenvalue weighted by atomic mass is 10.0. The lowest BCUT2D eigenvalue weighted by molar-refractivity contribution is -0.129. The Morgan fingerprint density at radius 1 is 0.511 bits per heavy atom. The summed E-state index contributed by atoms with van der Waals surface area (Å²) in [5.41, 5.74) is 5.38. The van der Waals surface area contributed by atoms with Crippen molar-refractivity contribution in [1.29, 1.82) is 5.41 Å². The quantitative estimate of drug-likeness (QED) is 0.0270. The van der Waals surface area contributed by atoms with E-state index < -0.39 is 6.04 Å². The highest BCUT2D eigenvalue weighted by Crippen LogP contribution is 2.15. The van der Waals surface area contributed by atoms with Crippen molar-refractivity contribution >= 4 is 17.8 Å². The second-order valence-corrected chi connectivity index (χ2v) is 13.5. The lowest BCUT2D eigenvalue weighted by Crippen LogP contribution is -2.47. The number of hydrogen-bond donors (Lipinski definition) is 5. The number of rotatable bonds is 35. The fourth-order valence-corrected chi connectivity index (χ4v) is 6.02. The maximum Gasteiger partial charge on any atom is 0.242 e. The molecule has 0 aromatic heterocycles. The zero-order chi connectivity index (χ0) is 33.1. The zero-order valence-corrected chi connectivity index (χ0v) is 30.1. The summed E-state index contributed by atoms with van der Waals surface area (Å²) in [6.45, 7) is 5.71. The molecule has 0 aliphatic heterocycles. The molecule has 45 heavy (non-hydrogen) atoms. The number of carbonyl (C=O) groups excluding carboxylic acids is 2.